The van der Waals surface area contributed by atoms with Gasteiger partial charge in [0, 0.05) is 30.4 Å². The summed E-state index contributed by atoms with van der Waals surface area (Å²) in [5.74, 6) is 0.531. The maximum Gasteiger partial charge on any atom is 0.253 e. The molecule has 1 aromatic heterocycles. The predicted molar refractivity (Wildman–Crippen MR) is 82.9 cm³/mol. The average Bonchev–Trinajstić information content (AvgIpc) is 3.09. The van der Waals surface area contributed by atoms with E-state index in [1.54, 1.807) is 24.3 Å². The van der Waals surface area contributed by atoms with Crippen molar-refractivity contribution in [2.45, 2.75) is 25.7 Å². The Morgan fingerprint density at radius 2 is 1.77 bits per heavy atom. The summed E-state index contributed by atoms with van der Waals surface area (Å²) in [6.07, 6.45) is 5.71. The van der Waals surface area contributed by atoms with Crippen LogP contribution in [-0.4, -0.2) is 39.9 Å². The molecule has 0 aliphatic carbocycles. The summed E-state index contributed by atoms with van der Waals surface area (Å²) in [6.45, 7) is 3.03. The van der Waals surface area contributed by atoms with Crippen molar-refractivity contribution in [3.8, 4) is 0 Å². The van der Waals surface area contributed by atoms with Crippen molar-refractivity contribution in [2.24, 2.45) is 0 Å². The normalized spacial score (nSPS) is 15.8. The van der Waals surface area contributed by atoms with Crippen LogP contribution in [0.5, 0.6) is 0 Å². The third-order valence-corrected chi connectivity index (χ3v) is 4.31. The Morgan fingerprint density at radius 3 is 2.32 bits per heavy atom. The topological polar surface area (TPSA) is 66.1 Å². The van der Waals surface area contributed by atoms with Crippen LogP contribution >= 0.6 is 0 Å². The Bertz CT molecular complexity index is 654. The molecule has 1 aromatic carbocycles. The summed E-state index contributed by atoms with van der Waals surface area (Å²) in [7, 11) is 0. The number of ketones is 1. The minimum Gasteiger partial charge on any atom is -0.339 e. The monoisotopic (exact) mass is 297 g/mol. The van der Waals surface area contributed by atoms with Gasteiger partial charge < -0.3 is 4.90 Å². The largest absolute Gasteiger partial charge is 0.339 e. The lowest BCUT2D eigenvalue weighted by atomic mass is 9.91. The number of carbonyl (C=O) groups is 2. The minimum atomic E-state index is 0.0138. The molecule has 2 aromatic rings. The fourth-order valence-electron chi connectivity index (χ4n) is 2.93. The first-order valence-electron chi connectivity index (χ1n) is 7.54. The fourth-order valence-corrected chi connectivity index (χ4v) is 2.93. The molecule has 5 nitrogen and oxygen atoms in total. The number of aromatic amines is 1. The molecule has 22 heavy (non-hydrogen) atoms. The Labute approximate surface area is 129 Å². The van der Waals surface area contributed by atoms with E-state index in [0.717, 1.165) is 25.9 Å². The number of hydrogen-bond acceptors (Lipinski definition) is 3. The lowest BCUT2D eigenvalue weighted by Gasteiger charge is -2.31. The molecule has 1 aliphatic heterocycles. The number of carbonyl (C=O) groups excluding carboxylic acids is 2. The highest BCUT2D eigenvalue weighted by Crippen LogP contribution is 2.27. The second-order valence-corrected chi connectivity index (χ2v) is 5.73. The summed E-state index contributed by atoms with van der Waals surface area (Å²) in [6, 6.07) is 6.91. The molecule has 114 valence electrons. The number of rotatable bonds is 3. The molecule has 0 spiro atoms. The number of aromatic nitrogens is 2. The smallest absolute Gasteiger partial charge is 0.253 e. The van der Waals surface area contributed by atoms with Gasteiger partial charge in [0.05, 0.1) is 6.20 Å². The van der Waals surface area contributed by atoms with Gasteiger partial charge in [-0.15, -0.1) is 0 Å². The number of piperidine rings is 1. The standard InChI is InChI=1S/C17H19N3O2/c1-12(21)13-2-4-15(5-3-13)17(22)20-8-6-14(7-9-20)16-10-18-19-11-16/h2-5,10-11,14H,6-9H2,1H3,(H,18,19). The van der Waals surface area contributed by atoms with E-state index in [1.807, 2.05) is 17.3 Å². The summed E-state index contributed by atoms with van der Waals surface area (Å²) >= 11 is 0. The maximum atomic E-state index is 12.5. The van der Waals surface area contributed by atoms with Crippen molar-refractivity contribution in [1.82, 2.24) is 15.1 Å². The van der Waals surface area contributed by atoms with Crippen molar-refractivity contribution in [1.29, 1.82) is 0 Å². The van der Waals surface area contributed by atoms with Crippen molar-refractivity contribution >= 4 is 11.7 Å². The van der Waals surface area contributed by atoms with E-state index in [-0.39, 0.29) is 11.7 Å². The number of Topliss-reactive ketones (excluding diaryl/α,β-unsaturated/α-hetero) is 1. The van der Waals surface area contributed by atoms with Gasteiger partial charge in [0.1, 0.15) is 0 Å². The van der Waals surface area contributed by atoms with Crippen molar-refractivity contribution in [3.63, 3.8) is 0 Å². The molecule has 1 N–H and O–H groups in total. The Balaban J connectivity index is 1.63. The summed E-state index contributed by atoms with van der Waals surface area (Å²) in [5, 5.41) is 6.83. The lowest BCUT2D eigenvalue weighted by molar-refractivity contribution is 0.0712. The first-order valence-corrected chi connectivity index (χ1v) is 7.54. The number of H-pyrrole nitrogens is 1. The van der Waals surface area contributed by atoms with Crippen LogP contribution in [0.2, 0.25) is 0 Å². The van der Waals surface area contributed by atoms with Gasteiger partial charge in [0.25, 0.3) is 5.91 Å². The number of nitrogens with one attached hydrogen (secondary N) is 1. The van der Waals surface area contributed by atoms with Crippen molar-refractivity contribution in [3.05, 3.63) is 53.3 Å². The van der Waals surface area contributed by atoms with Crippen molar-refractivity contribution in [2.75, 3.05) is 13.1 Å². The molecular weight excluding hydrogens is 278 g/mol. The highest BCUT2D eigenvalue weighted by Gasteiger charge is 2.25. The maximum absolute atomic E-state index is 12.5. The molecule has 0 unspecified atom stereocenters. The molecule has 5 heteroatoms. The summed E-state index contributed by atoms with van der Waals surface area (Å²) in [5.41, 5.74) is 2.50. The molecule has 0 saturated carbocycles. The first kappa shape index (κ1) is 14.5. The van der Waals surface area contributed by atoms with Gasteiger partial charge in [-0.3, -0.25) is 14.7 Å². The van der Waals surface area contributed by atoms with Gasteiger partial charge in [-0.25, -0.2) is 0 Å². The Kier molecular flexibility index (Phi) is 4.04. The minimum absolute atomic E-state index is 0.0138. The molecule has 1 saturated heterocycles. The van der Waals surface area contributed by atoms with Gasteiger partial charge in [-0.05, 0) is 43.4 Å². The van der Waals surface area contributed by atoms with Crippen LogP contribution in [0.25, 0.3) is 0 Å². The van der Waals surface area contributed by atoms with Crippen LogP contribution in [0.1, 0.15) is 52.0 Å². The fraction of sp³-hybridized carbons (Fsp3) is 0.353. The molecular formula is C17H19N3O2. The average molecular weight is 297 g/mol. The molecule has 1 aliphatic rings. The SMILES string of the molecule is CC(=O)c1ccc(C(=O)N2CCC(c3cn[nH]c3)CC2)cc1. The molecule has 2 heterocycles. The highest BCUT2D eigenvalue weighted by atomic mass is 16.2. The number of amides is 1. The second kappa shape index (κ2) is 6.13. The summed E-state index contributed by atoms with van der Waals surface area (Å²) in [4.78, 5) is 25.7. The number of nitrogens with zero attached hydrogens (tertiary/aromatic N) is 2. The van der Waals surface area contributed by atoms with Crippen LogP contribution in [0, 0.1) is 0 Å². The van der Waals surface area contributed by atoms with E-state index < -0.39 is 0 Å². The van der Waals surface area contributed by atoms with Gasteiger partial charge in [0.2, 0.25) is 0 Å². The third kappa shape index (κ3) is 2.93. The Hall–Kier alpha value is -2.43. The summed E-state index contributed by atoms with van der Waals surface area (Å²) < 4.78 is 0. The second-order valence-electron chi connectivity index (χ2n) is 5.73. The van der Waals surface area contributed by atoms with Crippen LogP contribution in [0.15, 0.2) is 36.7 Å². The van der Waals surface area contributed by atoms with E-state index in [9.17, 15) is 9.59 Å². The van der Waals surface area contributed by atoms with Crippen LogP contribution < -0.4 is 0 Å². The highest BCUT2D eigenvalue weighted by molar-refractivity contribution is 5.97. The van der Waals surface area contributed by atoms with E-state index in [1.165, 1.54) is 12.5 Å². The molecule has 1 fully saturated rings. The zero-order valence-electron chi connectivity index (χ0n) is 12.6. The molecule has 0 bridgehead atoms. The Morgan fingerprint density at radius 1 is 1.14 bits per heavy atom. The zero-order valence-corrected chi connectivity index (χ0v) is 12.6. The van der Waals surface area contributed by atoms with Gasteiger partial charge in [-0.2, -0.15) is 5.10 Å². The van der Waals surface area contributed by atoms with Crippen LogP contribution in [0.4, 0.5) is 0 Å². The third-order valence-electron chi connectivity index (χ3n) is 4.31. The van der Waals surface area contributed by atoms with E-state index >= 15 is 0 Å². The van der Waals surface area contributed by atoms with Crippen LogP contribution in [-0.2, 0) is 0 Å². The molecule has 0 radical (unpaired) electrons. The van der Waals surface area contributed by atoms with Gasteiger partial charge in [0.15, 0.2) is 5.78 Å². The molecule has 1 amide bonds. The first-order chi connectivity index (χ1) is 10.6. The van der Waals surface area contributed by atoms with E-state index in [2.05, 4.69) is 10.2 Å². The van der Waals surface area contributed by atoms with Gasteiger partial charge >= 0.3 is 0 Å². The lowest BCUT2D eigenvalue weighted by Crippen LogP contribution is -2.37. The number of hydrogen-bond donors (Lipinski definition) is 1. The predicted octanol–water partition coefficient (Wildman–Crippen LogP) is 2.63. The zero-order chi connectivity index (χ0) is 15.5. The van der Waals surface area contributed by atoms with E-state index in [4.69, 9.17) is 0 Å². The van der Waals surface area contributed by atoms with Crippen molar-refractivity contribution < 1.29 is 9.59 Å². The molecule has 3 rings (SSSR count). The number of benzene rings is 1. The van der Waals surface area contributed by atoms with Gasteiger partial charge in [-0.1, -0.05) is 12.1 Å². The number of likely N-dealkylation sites (tertiary alicyclic amines) is 1. The van der Waals surface area contributed by atoms with Crippen LogP contribution in [0.3, 0.4) is 0 Å². The quantitative estimate of drug-likeness (QED) is 0.886. The van der Waals surface area contributed by atoms with E-state index in [0.29, 0.717) is 17.0 Å². The molecule has 0 atom stereocenters.